The van der Waals surface area contributed by atoms with Crippen molar-refractivity contribution in [1.82, 2.24) is 20.1 Å². The van der Waals surface area contributed by atoms with E-state index >= 15 is 0 Å². The van der Waals surface area contributed by atoms with Gasteiger partial charge in [0.2, 0.25) is 0 Å². The van der Waals surface area contributed by atoms with Crippen LogP contribution in [0.2, 0.25) is 5.02 Å². The van der Waals surface area contributed by atoms with Gasteiger partial charge in [-0.25, -0.2) is 0 Å². The maximum atomic E-state index is 5.89. The highest BCUT2D eigenvalue weighted by atomic mass is 35.5. The van der Waals surface area contributed by atoms with E-state index in [-0.39, 0.29) is 0 Å². The molecule has 0 saturated carbocycles. The summed E-state index contributed by atoms with van der Waals surface area (Å²) >= 11 is 5.89. The predicted molar refractivity (Wildman–Crippen MR) is 66.3 cm³/mol. The van der Waals surface area contributed by atoms with Crippen molar-refractivity contribution >= 4 is 11.6 Å². The lowest BCUT2D eigenvalue weighted by molar-refractivity contribution is 0.592. The van der Waals surface area contributed by atoms with Gasteiger partial charge < -0.3 is 5.32 Å². The molecule has 2 heterocycles. The summed E-state index contributed by atoms with van der Waals surface area (Å²) in [5.41, 5.74) is 1.04. The van der Waals surface area contributed by atoms with E-state index in [0.717, 1.165) is 29.5 Å². The van der Waals surface area contributed by atoms with Gasteiger partial charge in [0.1, 0.15) is 6.33 Å². The third-order valence-electron chi connectivity index (χ3n) is 3.05. The van der Waals surface area contributed by atoms with Crippen molar-refractivity contribution in [3.8, 4) is 5.69 Å². The minimum atomic E-state index is 0.313. The van der Waals surface area contributed by atoms with Gasteiger partial charge in [-0.2, -0.15) is 0 Å². The summed E-state index contributed by atoms with van der Waals surface area (Å²) < 4.78 is 2.01. The average Bonchev–Trinajstić information content (AvgIpc) is 3.00. The Bertz CT molecular complexity index is 499. The molecule has 1 fully saturated rings. The lowest BCUT2D eigenvalue weighted by Gasteiger charge is -2.11. The number of benzene rings is 1. The Morgan fingerprint density at radius 1 is 1.29 bits per heavy atom. The van der Waals surface area contributed by atoms with Crippen LogP contribution in [0.4, 0.5) is 0 Å². The lowest BCUT2D eigenvalue weighted by atomic mass is 10.2. The number of aromatic nitrogens is 3. The molecule has 0 amide bonds. The normalized spacial score (nSPS) is 19.7. The van der Waals surface area contributed by atoms with Crippen LogP contribution in [0.1, 0.15) is 24.7 Å². The van der Waals surface area contributed by atoms with Crippen molar-refractivity contribution in [3.63, 3.8) is 0 Å². The van der Waals surface area contributed by atoms with Gasteiger partial charge >= 0.3 is 0 Å². The van der Waals surface area contributed by atoms with Gasteiger partial charge in [-0.3, -0.25) is 4.57 Å². The molecule has 2 aromatic rings. The monoisotopic (exact) mass is 248 g/mol. The van der Waals surface area contributed by atoms with Crippen LogP contribution in [-0.4, -0.2) is 21.3 Å². The maximum Gasteiger partial charge on any atom is 0.154 e. The fourth-order valence-corrected chi connectivity index (χ4v) is 2.31. The zero-order valence-corrected chi connectivity index (χ0v) is 10.1. The van der Waals surface area contributed by atoms with Crippen LogP contribution in [-0.2, 0) is 0 Å². The molecule has 1 N–H and O–H groups in total. The van der Waals surface area contributed by atoms with E-state index in [1.165, 1.54) is 6.42 Å². The zero-order valence-electron chi connectivity index (χ0n) is 9.31. The largest absolute Gasteiger partial charge is 0.307 e. The van der Waals surface area contributed by atoms with Crippen LogP contribution >= 0.6 is 11.6 Å². The van der Waals surface area contributed by atoms with Gasteiger partial charge in [-0.15, -0.1) is 10.2 Å². The third kappa shape index (κ3) is 2.06. The minimum absolute atomic E-state index is 0.313. The van der Waals surface area contributed by atoms with Crippen molar-refractivity contribution in [2.75, 3.05) is 6.54 Å². The van der Waals surface area contributed by atoms with Crippen LogP contribution < -0.4 is 5.32 Å². The molecule has 5 heteroatoms. The van der Waals surface area contributed by atoms with Crippen molar-refractivity contribution in [2.24, 2.45) is 0 Å². The van der Waals surface area contributed by atoms with Crippen LogP contribution in [0.3, 0.4) is 0 Å². The first-order chi connectivity index (χ1) is 8.34. The summed E-state index contributed by atoms with van der Waals surface area (Å²) in [5, 5.41) is 12.4. The van der Waals surface area contributed by atoms with E-state index in [4.69, 9.17) is 11.6 Å². The summed E-state index contributed by atoms with van der Waals surface area (Å²) in [6.07, 6.45) is 4.06. The van der Waals surface area contributed by atoms with Crippen molar-refractivity contribution < 1.29 is 0 Å². The highest BCUT2D eigenvalue weighted by molar-refractivity contribution is 6.30. The molecule has 88 valence electrons. The van der Waals surface area contributed by atoms with Crippen molar-refractivity contribution in [3.05, 3.63) is 41.4 Å². The van der Waals surface area contributed by atoms with E-state index in [2.05, 4.69) is 15.5 Å². The molecule has 1 aromatic heterocycles. The van der Waals surface area contributed by atoms with Gasteiger partial charge in [-0.1, -0.05) is 11.6 Å². The standard InChI is InChI=1S/C12H13ClN4/c13-9-3-5-10(6-4-9)17-8-15-16-12(17)11-2-1-7-14-11/h3-6,8,11,14H,1-2,7H2. The third-order valence-corrected chi connectivity index (χ3v) is 3.30. The Hall–Kier alpha value is -1.39. The second-order valence-corrected chi connectivity index (χ2v) is 4.62. The van der Waals surface area contributed by atoms with Gasteiger partial charge in [0.15, 0.2) is 5.82 Å². The smallest absolute Gasteiger partial charge is 0.154 e. The quantitative estimate of drug-likeness (QED) is 0.887. The Labute approximate surface area is 105 Å². The molecule has 1 unspecified atom stereocenters. The average molecular weight is 249 g/mol. The molecular weight excluding hydrogens is 236 g/mol. The van der Waals surface area contributed by atoms with Gasteiger partial charge in [0, 0.05) is 10.7 Å². The number of hydrogen-bond donors (Lipinski definition) is 1. The topological polar surface area (TPSA) is 42.7 Å². The first-order valence-electron chi connectivity index (χ1n) is 5.74. The molecule has 1 saturated heterocycles. The highest BCUT2D eigenvalue weighted by Gasteiger charge is 2.21. The Balaban J connectivity index is 1.97. The lowest BCUT2D eigenvalue weighted by Crippen LogP contribution is -2.17. The summed E-state index contributed by atoms with van der Waals surface area (Å²) in [5.74, 6) is 0.977. The minimum Gasteiger partial charge on any atom is -0.307 e. The number of rotatable bonds is 2. The Kier molecular flexibility index (Phi) is 2.82. The number of nitrogens with zero attached hydrogens (tertiary/aromatic N) is 3. The van der Waals surface area contributed by atoms with Crippen molar-refractivity contribution in [1.29, 1.82) is 0 Å². The van der Waals surface area contributed by atoms with E-state index in [1.54, 1.807) is 6.33 Å². The van der Waals surface area contributed by atoms with Gasteiger partial charge in [-0.05, 0) is 43.7 Å². The molecule has 0 bridgehead atoms. The first-order valence-corrected chi connectivity index (χ1v) is 6.11. The fraction of sp³-hybridized carbons (Fsp3) is 0.333. The van der Waals surface area contributed by atoms with E-state index in [1.807, 2.05) is 28.8 Å². The molecule has 0 radical (unpaired) electrons. The van der Waals surface area contributed by atoms with Crippen LogP contribution in [0, 0.1) is 0 Å². The molecule has 1 aromatic carbocycles. The van der Waals surface area contributed by atoms with Crippen LogP contribution in [0.25, 0.3) is 5.69 Å². The predicted octanol–water partition coefficient (Wildman–Crippen LogP) is 2.35. The molecule has 0 spiro atoms. The van der Waals surface area contributed by atoms with Crippen LogP contribution in [0.5, 0.6) is 0 Å². The van der Waals surface area contributed by atoms with Gasteiger partial charge in [0.25, 0.3) is 0 Å². The van der Waals surface area contributed by atoms with Gasteiger partial charge in [0.05, 0.1) is 6.04 Å². The van der Waals surface area contributed by atoms with E-state index in [9.17, 15) is 0 Å². The zero-order chi connectivity index (χ0) is 11.7. The molecule has 1 atom stereocenters. The summed E-state index contributed by atoms with van der Waals surface area (Å²) in [7, 11) is 0. The van der Waals surface area contributed by atoms with Crippen molar-refractivity contribution in [2.45, 2.75) is 18.9 Å². The molecular formula is C12H13ClN4. The van der Waals surface area contributed by atoms with Crippen LogP contribution in [0.15, 0.2) is 30.6 Å². The Morgan fingerprint density at radius 3 is 2.82 bits per heavy atom. The number of nitrogens with one attached hydrogen (secondary N) is 1. The molecule has 0 aliphatic carbocycles. The molecule has 4 nitrogen and oxygen atoms in total. The molecule has 3 rings (SSSR count). The molecule has 17 heavy (non-hydrogen) atoms. The SMILES string of the molecule is Clc1ccc(-n2cnnc2C2CCCN2)cc1. The number of hydrogen-bond acceptors (Lipinski definition) is 3. The number of halogens is 1. The maximum absolute atomic E-state index is 5.89. The first kappa shape index (κ1) is 10.7. The molecule has 1 aliphatic heterocycles. The summed E-state index contributed by atoms with van der Waals surface area (Å²) in [6.45, 7) is 1.05. The summed E-state index contributed by atoms with van der Waals surface area (Å²) in [6, 6.07) is 8.02. The van der Waals surface area contributed by atoms with E-state index < -0.39 is 0 Å². The summed E-state index contributed by atoms with van der Waals surface area (Å²) in [4.78, 5) is 0. The second-order valence-electron chi connectivity index (χ2n) is 4.18. The second kappa shape index (κ2) is 4.47. The highest BCUT2D eigenvalue weighted by Crippen LogP contribution is 2.23. The molecule has 1 aliphatic rings. The Morgan fingerprint density at radius 2 is 2.12 bits per heavy atom. The fourth-order valence-electron chi connectivity index (χ4n) is 2.19. The van der Waals surface area contributed by atoms with E-state index in [0.29, 0.717) is 6.04 Å².